The topological polar surface area (TPSA) is 38.3 Å². The smallest absolute Gasteiger partial charge is 0.310 e. The highest BCUT2D eigenvalue weighted by atomic mass is 16.5. The quantitative estimate of drug-likeness (QED) is 0.445. The van der Waals surface area contributed by atoms with Gasteiger partial charge in [0, 0.05) is 13.1 Å². The van der Waals surface area contributed by atoms with Crippen LogP contribution in [0.25, 0.3) is 0 Å². The molecule has 1 unspecified atom stereocenters. The molecule has 0 aliphatic heterocycles. The van der Waals surface area contributed by atoms with E-state index in [4.69, 9.17) is 4.74 Å². The van der Waals surface area contributed by atoms with Crippen LogP contribution >= 0.6 is 0 Å². The number of benzene rings is 1. The highest BCUT2D eigenvalue weighted by molar-refractivity contribution is 5.72. The molecule has 0 spiro atoms. The molecular formula is C14H19NO2. The molecule has 0 bridgehead atoms. The van der Waals surface area contributed by atoms with Gasteiger partial charge in [-0.1, -0.05) is 43.3 Å². The average molecular weight is 233 g/mol. The van der Waals surface area contributed by atoms with Gasteiger partial charge in [-0.3, -0.25) is 4.79 Å². The van der Waals surface area contributed by atoms with E-state index in [2.05, 4.69) is 11.9 Å². The molecule has 0 fully saturated rings. The molecule has 1 N–H and O–H groups in total. The summed E-state index contributed by atoms with van der Waals surface area (Å²) in [5.41, 5.74) is 1.01. The van der Waals surface area contributed by atoms with Crippen LogP contribution in [-0.4, -0.2) is 19.1 Å². The Balaban J connectivity index is 2.26. The molecule has 0 radical (unpaired) electrons. The molecule has 1 aromatic carbocycles. The first-order valence-corrected chi connectivity index (χ1v) is 5.76. The summed E-state index contributed by atoms with van der Waals surface area (Å²) < 4.78 is 5.22. The summed E-state index contributed by atoms with van der Waals surface area (Å²) in [5, 5.41) is 3.10. The number of hydrogen-bond donors (Lipinski definition) is 1. The van der Waals surface area contributed by atoms with Crippen molar-refractivity contribution in [3.05, 3.63) is 48.6 Å². The van der Waals surface area contributed by atoms with Gasteiger partial charge < -0.3 is 10.1 Å². The van der Waals surface area contributed by atoms with E-state index in [0.29, 0.717) is 19.7 Å². The predicted molar refractivity (Wildman–Crippen MR) is 68.5 cm³/mol. The molecule has 1 aromatic rings. The van der Waals surface area contributed by atoms with E-state index in [9.17, 15) is 4.79 Å². The van der Waals surface area contributed by atoms with Gasteiger partial charge in [-0.15, -0.1) is 6.58 Å². The van der Waals surface area contributed by atoms with Gasteiger partial charge in [0.25, 0.3) is 0 Å². The lowest BCUT2D eigenvalue weighted by molar-refractivity contribution is -0.149. The zero-order valence-electron chi connectivity index (χ0n) is 10.2. The molecule has 0 saturated heterocycles. The fourth-order valence-corrected chi connectivity index (χ4v) is 1.36. The molecule has 1 rings (SSSR count). The second kappa shape index (κ2) is 7.63. The van der Waals surface area contributed by atoms with E-state index < -0.39 is 0 Å². The Morgan fingerprint density at radius 3 is 2.82 bits per heavy atom. The maximum atomic E-state index is 11.6. The van der Waals surface area contributed by atoms with Crippen LogP contribution in [0.5, 0.6) is 0 Å². The number of rotatable bonds is 7. The fourth-order valence-electron chi connectivity index (χ4n) is 1.36. The van der Waals surface area contributed by atoms with Crippen molar-refractivity contribution in [3.8, 4) is 0 Å². The molecule has 3 heteroatoms. The molecule has 1 atom stereocenters. The zero-order chi connectivity index (χ0) is 12.5. The lowest BCUT2D eigenvalue weighted by Crippen LogP contribution is -2.27. The Labute approximate surface area is 102 Å². The third kappa shape index (κ3) is 5.31. The van der Waals surface area contributed by atoms with Crippen LogP contribution in [0.3, 0.4) is 0 Å². The first-order chi connectivity index (χ1) is 8.24. The molecule has 0 saturated carbocycles. The Bertz CT molecular complexity index is 348. The largest absolute Gasteiger partial charge is 0.461 e. The monoisotopic (exact) mass is 233 g/mol. The Morgan fingerprint density at radius 1 is 1.47 bits per heavy atom. The van der Waals surface area contributed by atoms with Crippen molar-refractivity contribution in [2.45, 2.75) is 13.5 Å². The number of ether oxygens (including phenoxy) is 1. The second-order valence-electron chi connectivity index (χ2n) is 3.94. The molecule has 0 amide bonds. The minimum absolute atomic E-state index is 0.140. The third-order valence-electron chi connectivity index (χ3n) is 2.37. The van der Waals surface area contributed by atoms with E-state index in [1.165, 1.54) is 0 Å². The van der Waals surface area contributed by atoms with Crippen LogP contribution in [0.4, 0.5) is 0 Å². The zero-order valence-corrected chi connectivity index (χ0v) is 10.2. The van der Waals surface area contributed by atoms with Crippen molar-refractivity contribution in [2.24, 2.45) is 5.92 Å². The van der Waals surface area contributed by atoms with Crippen LogP contribution in [0.15, 0.2) is 43.0 Å². The van der Waals surface area contributed by atoms with Gasteiger partial charge in [-0.2, -0.15) is 0 Å². The minimum atomic E-state index is -0.176. The summed E-state index contributed by atoms with van der Waals surface area (Å²) in [7, 11) is 0. The van der Waals surface area contributed by atoms with Gasteiger partial charge in [-0.25, -0.2) is 0 Å². The van der Waals surface area contributed by atoms with Crippen molar-refractivity contribution in [3.63, 3.8) is 0 Å². The summed E-state index contributed by atoms with van der Waals surface area (Å²) in [4.78, 5) is 11.6. The Morgan fingerprint density at radius 2 is 2.18 bits per heavy atom. The SMILES string of the molecule is C=CCNCC(C)C(=O)OCc1ccccc1. The van der Waals surface area contributed by atoms with E-state index in [1.54, 1.807) is 6.08 Å². The fraction of sp³-hybridized carbons (Fsp3) is 0.357. The maximum absolute atomic E-state index is 11.6. The highest BCUT2D eigenvalue weighted by Crippen LogP contribution is 2.04. The Hall–Kier alpha value is -1.61. The summed E-state index contributed by atoms with van der Waals surface area (Å²) in [5.74, 6) is -0.316. The molecule has 17 heavy (non-hydrogen) atoms. The van der Waals surface area contributed by atoms with Crippen molar-refractivity contribution in [1.82, 2.24) is 5.32 Å². The van der Waals surface area contributed by atoms with Crippen molar-refractivity contribution in [1.29, 1.82) is 0 Å². The van der Waals surface area contributed by atoms with Gasteiger partial charge >= 0.3 is 5.97 Å². The third-order valence-corrected chi connectivity index (χ3v) is 2.37. The van der Waals surface area contributed by atoms with E-state index in [-0.39, 0.29) is 11.9 Å². The van der Waals surface area contributed by atoms with Crippen LogP contribution in [0.2, 0.25) is 0 Å². The highest BCUT2D eigenvalue weighted by Gasteiger charge is 2.13. The van der Waals surface area contributed by atoms with Crippen LogP contribution in [-0.2, 0) is 16.1 Å². The molecular weight excluding hydrogens is 214 g/mol. The normalized spacial score (nSPS) is 11.8. The summed E-state index contributed by atoms with van der Waals surface area (Å²) >= 11 is 0. The molecule has 92 valence electrons. The molecule has 3 nitrogen and oxygen atoms in total. The molecule has 0 aromatic heterocycles. The van der Waals surface area contributed by atoms with Gasteiger partial charge in [0.15, 0.2) is 0 Å². The predicted octanol–water partition coefficient (Wildman–Crippen LogP) is 2.14. The van der Waals surface area contributed by atoms with E-state index in [0.717, 1.165) is 5.56 Å². The molecule has 0 aliphatic carbocycles. The number of hydrogen-bond acceptors (Lipinski definition) is 3. The Kier molecular flexibility index (Phi) is 6.04. The van der Waals surface area contributed by atoms with Crippen molar-refractivity contribution in [2.75, 3.05) is 13.1 Å². The van der Waals surface area contributed by atoms with E-state index in [1.807, 2.05) is 37.3 Å². The number of nitrogens with one attached hydrogen (secondary N) is 1. The maximum Gasteiger partial charge on any atom is 0.310 e. The van der Waals surface area contributed by atoms with Gasteiger partial charge in [0.05, 0.1) is 5.92 Å². The second-order valence-corrected chi connectivity index (χ2v) is 3.94. The standard InChI is InChI=1S/C14H19NO2/c1-3-9-15-10-12(2)14(16)17-11-13-7-5-4-6-8-13/h3-8,12,15H,1,9-11H2,2H3. The summed E-state index contributed by atoms with van der Waals surface area (Å²) in [6.07, 6.45) is 1.77. The van der Waals surface area contributed by atoms with Gasteiger partial charge in [-0.05, 0) is 5.56 Å². The lowest BCUT2D eigenvalue weighted by Gasteiger charge is -2.11. The number of carbonyl (C=O) groups excluding carboxylic acids is 1. The van der Waals surface area contributed by atoms with Crippen molar-refractivity contribution < 1.29 is 9.53 Å². The molecule has 0 heterocycles. The first-order valence-electron chi connectivity index (χ1n) is 5.76. The number of esters is 1. The van der Waals surface area contributed by atoms with Crippen LogP contribution in [0, 0.1) is 5.92 Å². The number of carbonyl (C=O) groups is 1. The summed E-state index contributed by atoms with van der Waals surface area (Å²) in [6, 6.07) is 9.67. The van der Waals surface area contributed by atoms with E-state index >= 15 is 0 Å². The first kappa shape index (κ1) is 13.5. The molecule has 0 aliphatic rings. The average Bonchev–Trinajstić information content (AvgIpc) is 2.37. The summed E-state index contributed by atoms with van der Waals surface area (Å²) in [6.45, 7) is 7.10. The lowest BCUT2D eigenvalue weighted by atomic mass is 10.2. The van der Waals surface area contributed by atoms with Crippen molar-refractivity contribution >= 4 is 5.97 Å². The van der Waals surface area contributed by atoms with Crippen LogP contribution in [0.1, 0.15) is 12.5 Å². The van der Waals surface area contributed by atoms with Gasteiger partial charge in [0.2, 0.25) is 0 Å². The van der Waals surface area contributed by atoms with Gasteiger partial charge in [0.1, 0.15) is 6.61 Å². The minimum Gasteiger partial charge on any atom is -0.461 e. The van der Waals surface area contributed by atoms with Crippen LogP contribution < -0.4 is 5.32 Å².